The highest BCUT2D eigenvalue weighted by molar-refractivity contribution is 6.14. The van der Waals surface area contributed by atoms with Gasteiger partial charge in [0.05, 0.1) is 66.6 Å². The second kappa shape index (κ2) is 15.6. The van der Waals surface area contributed by atoms with E-state index in [1.807, 2.05) is 72.8 Å². The Morgan fingerprint density at radius 2 is 0.394 bits per heavy atom. The molecule has 2 aromatic heterocycles. The van der Waals surface area contributed by atoms with Crippen molar-refractivity contribution < 1.29 is 0 Å². The minimum atomic E-state index is 0.271. The summed E-state index contributed by atoms with van der Waals surface area (Å²) in [5, 5.41) is 81.6. The van der Waals surface area contributed by atoms with Gasteiger partial charge in [0.25, 0.3) is 0 Å². The molecule has 0 aliphatic carbocycles. The minimum absolute atomic E-state index is 0.271. The minimum Gasteiger partial charge on any atom is -0.248 e. The van der Waals surface area contributed by atoms with Crippen LogP contribution in [0.15, 0.2) is 146 Å². The van der Waals surface area contributed by atoms with Crippen LogP contribution in [0.2, 0.25) is 0 Å². The van der Waals surface area contributed by atoms with Gasteiger partial charge in [0.2, 0.25) is 0 Å². The lowest BCUT2D eigenvalue weighted by atomic mass is 9.97. The molecule has 0 bridgehead atoms. The zero-order valence-corrected chi connectivity index (χ0v) is 34.3. The summed E-state index contributed by atoms with van der Waals surface area (Å²) in [6.45, 7) is 0. The molecule has 0 N–H and O–H groups in total. The Bertz CT molecular complexity index is 3630. The van der Waals surface area contributed by atoms with Crippen LogP contribution < -0.4 is 0 Å². The van der Waals surface area contributed by atoms with E-state index < -0.39 is 0 Å². The fourth-order valence-corrected chi connectivity index (χ4v) is 8.81. The van der Waals surface area contributed by atoms with E-state index in [0.29, 0.717) is 0 Å². The van der Waals surface area contributed by atoms with Gasteiger partial charge in [-0.1, -0.05) is 48.5 Å². The standard InChI is InChI=1S/C56H24N10/c57-25-41-5-1-33(17-45(41)29-61)37-9-13-53-49(21-37)50-22-38(34-2-6-42(26-58)46(18-34)30-62)10-14-54(50)65(53)66-55-15-11-39(35-3-7-43(27-59)47(19-35)31-63)23-51(55)52-24-40(12-16-56(52)66)36-4-8-44(28-60)48(20-36)32-64/h1-24H. The lowest BCUT2D eigenvalue weighted by Crippen LogP contribution is -2.08. The van der Waals surface area contributed by atoms with Crippen molar-refractivity contribution in [1.29, 1.82) is 42.1 Å². The number of benzene rings is 8. The van der Waals surface area contributed by atoms with E-state index in [4.69, 9.17) is 0 Å². The molecule has 10 rings (SSSR count). The van der Waals surface area contributed by atoms with Gasteiger partial charge in [-0.15, -0.1) is 0 Å². The third-order valence-corrected chi connectivity index (χ3v) is 12.1. The van der Waals surface area contributed by atoms with E-state index in [-0.39, 0.29) is 44.5 Å². The first kappa shape index (κ1) is 39.4. The molecule has 0 saturated carbocycles. The van der Waals surface area contributed by atoms with Crippen LogP contribution in [-0.4, -0.2) is 9.35 Å². The molecule has 0 unspecified atom stereocenters. The third kappa shape index (κ3) is 6.20. The zero-order chi connectivity index (χ0) is 45.6. The Morgan fingerprint density at radius 1 is 0.212 bits per heavy atom. The number of hydrogen-bond donors (Lipinski definition) is 0. The summed E-state index contributed by atoms with van der Waals surface area (Å²) in [5.74, 6) is 0. The predicted octanol–water partition coefficient (Wildman–Crippen LogP) is 11.9. The molecule has 0 atom stereocenters. The van der Waals surface area contributed by atoms with Crippen molar-refractivity contribution in [2.45, 2.75) is 0 Å². The van der Waals surface area contributed by atoms with Crippen molar-refractivity contribution >= 4 is 43.6 Å². The van der Waals surface area contributed by atoms with Crippen LogP contribution in [0.1, 0.15) is 44.5 Å². The van der Waals surface area contributed by atoms with E-state index in [9.17, 15) is 42.1 Å². The summed E-state index contributed by atoms with van der Waals surface area (Å²) in [7, 11) is 0. The van der Waals surface area contributed by atoms with Crippen molar-refractivity contribution in [2.24, 2.45) is 0 Å². The van der Waals surface area contributed by atoms with Gasteiger partial charge in [-0.05, 0) is 142 Å². The monoisotopic (exact) mass is 836 g/mol. The molecule has 0 spiro atoms. The highest BCUT2D eigenvalue weighted by Crippen LogP contribution is 2.41. The summed E-state index contributed by atoms with van der Waals surface area (Å²) in [5.41, 5.74) is 12.0. The number of rotatable bonds is 5. The lowest BCUT2D eigenvalue weighted by Gasteiger charge is -2.14. The Balaban J connectivity index is 1.28. The van der Waals surface area contributed by atoms with Crippen molar-refractivity contribution in [1.82, 2.24) is 9.35 Å². The summed E-state index contributed by atoms with van der Waals surface area (Å²) < 4.78 is 4.32. The first-order chi connectivity index (χ1) is 32.3. The molecule has 0 fully saturated rings. The molecule has 8 aromatic carbocycles. The van der Waals surface area contributed by atoms with E-state index in [2.05, 4.69) is 82.2 Å². The van der Waals surface area contributed by atoms with Gasteiger partial charge < -0.3 is 0 Å². The molecule has 0 aliphatic rings. The van der Waals surface area contributed by atoms with Gasteiger partial charge in [-0.25, -0.2) is 9.35 Å². The molecule has 0 saturated heterocycles. The molecule has 2 heterocycles. The molecular formula is C56H24N10. The van der Waals surface area contributed by atoms with Gasteiger partial charge in [0, 0.05) is 21.5 Å². The fourth-order valence-electron chi connectivity index (χ4n) is 8.81. The topological polar surface area (TPSA) is 200 Å². The highest BCUT2D eigenvalue weighted by Gasteiger charge is 2.21. The van der Waals surface area contributed by atoms with E-state index in [1.165, 1.54) is 0 Å². The van der Waals surface area contributed by atoms with Crippen molar-refractivity contribution in [3.8, 4) is 93.1 Å². The quantitative estimate of drug-likeness (QED) is 0.163. The molecule has 298 valence electrons. The van der Waals surface area contributed by atoms with Gasteiger partial charge in [0.15, 0.2) is 0 Å². The summed E-state index contributed by atoms with van der Waals surface area (Å²) in [4.78, 5) is 0. The van der Waals surface area contributed by atoms with E-state index >= 15 is 0 Å². The SMILES string of the molecule is N#Cc1ccc(-c2ccc3c(c2)c2cc(-c4ccc(C#N)c(C#N)c4)ccc2n3-n2c3ccc(-c4ccc(C#N)c(C#N)c4)cc3c3cc(-c4ccc(C#N)c(C#N)c4)ccc32)cc1C#N. The zero-order valence-electron chi connectivity index (χ0n) is 34.3. The van der Waals surface area contributed by atoms with E-state index in [1.54, 1.807) is 48.5 Å². The van der Waals surface area contributed by atoms with Gasteiger partial charge in [-0.3, -0.25) is 0 Å². The average molecular weight is 837 g/mol. The van der Waals surface area contributed by atoms with Crippen LogP contribution in [0.5, 0.6) is 0 Å². The molecule has 66 heavy (non-hydrogen) atoms. The van der Waals surface area contributed by atoms with E-state index in [0.717, 1.165) is 88.1 Å². The molecule has 0 amide bonds. The van der Waals surface area contributed by atoms with Crippen LogP contribution in [-0.2, 0) is 0 Å². The molecule has 0 aliphatic heterocycles. The number of nitriles is 8. The van der Waals surface area contributed by atoms with Crippen LogP contribution in [0.4, 0.5) is 0 Å². The Kier molecular flexibility index (Phi) is 9.34. The Labute approximate surface area is 376 Å². The summed E-state index contributed by atoms with van der Waals surface area (Å²) in [6, 6.07) is 62.1. The van der Waals surface area contributed by atoms with Gasteiger partial charge in [-0.2, -0.15) is 42.1 Å². The molecule has 10 heteroatoms. The molecule has 10 nitrogen and oxygen atoms in total. The highest BCUT2D eigenvalue weighted by atomic mass is 15.5. The van der Waals surface area contributed by atoms with Crippen molar-refractivity contribution in [3.05, 3.63) is 190 Å². The third-order valence-electron chi connectivity index (χ3n) is 12.1. The van der Waals surface area contributed by atoms with Crippen molar-refractivity contribution in [2.75, 3.05) is 0 Å². The maximum atomic E-state index is 9.88. The smallest absolute Gasteiger partial charge is 0.101 e. The fraction of sp³-hybridized carbons (Fsp3) is 0. The van der Waals surface area contributed by atoms with Crippen LogP contribution >= 0.6 is 0 Å². The second-order valence-corrected chi connectivity index (χ2v) is 15.5. The lowest BCUT2D eigenvalue weighted by molar-refractivity contribution is 0.775. The Hall–Kier alpha value is -10.7. The second-order valence-electron chi connectivity index (χ2n) is 15.5. The van der Waals surface area contributed by atoms with Crippen LogP contribution in [0.25, 0.3) is 88.1 Å². The summed E-state index contributed by atoms with van der Waals surface area (Å²) >= 11 is 0. The summed E-state index contributed by atoms with van der Waals surface area (Å²) in [6.07, 6.45) is 0. The number of hydrogen-bond acceptors (Lipinski definition) is 8. The molecular weight excluding hydrogens is 813 g/mol. The molecule has 10 aromatic rings. The maximum absolute atomic E-state index is 9.88. The average Bonchev–Trinajstić information content (AvgIpc) is 3.87. The number of fused-ring (bicyclic) bond motifs is 6. The Morgan fingerprint density at radius 3 is 0.591 bits per heavy atom. The van der Waals surface area contributed by atoms with Crippen molar-refractivity contribution in [3.63, 3.8) is 0 Å². The normalized spacial score (nSPS) is 10.6. The predicted molar refractivity (Wildman–Crippen MR) is 249 cm³/mol. The first-order valence-electron chi connectivity index (χ1n) is 20.3. The molecule has 0 radical (unpaired) electrons. The maximum Gasteiger partial charge on any atom is 0.101 e. The first-order valence-corrected chi connectivity index (χ1v) is 20.3. The van der Waals surface area contributed by atoms with Crippen LogP contribution in [0.3, 0.4) is 0 Å². The number of nitrogens with zero attached hydrogens (tertiary/aromatic N) is 10. The number of aromatic nitrogens is 2. The van der Waals surface area contributed by atoms with Gasteiger partial charge in [0.1, 0.15) is 48.6 Å². The van der Waals surface area contributed by atoms with Crippen LogP contribution in [0, 0.1) is 90.6 Å². The van der Waals surface area contributed by atoms with Gasteiger partial charge >= 0.3 is 0 Å². The largest absolute Gasteiger partial charge is 0.248 e.